The molecular weight excluding hydrogens is 242 g/mol. The molecule has 3 atom stereocenters. The fraction of sp³-hybridized carbons (Fsp3) is 0.533. The van der Waals surface area contributed by atoms with Gasteiger partial charge in [0.05, 0.1) is 25.2 Å². The molecule has 2 rings (SSSR count). The van der Waals surface area contributed by atoms with Gasteiger partial charge >= 0.3 is 0 Å². The maximum atomic E-state index is 12.0. The van der Waals surface area contributed by atoms with Gasteiger partial charge in [-0.2, -0.15) is 0 Å². The second-order valence-corrected chi connectivity index (χ2v) is 5.43. The van der Waals surface area contributed by atoms with Gasteiger partial charge in [-0.3, -0.25) is 4.79 Å². The van der Waals surface area contributed by atoms with Gasteiger partial charge in [0.15, 0.2) is 0 Å². The number of benzene rings is 1. The van der Waals surface area contributed by atoms with Crippen molar-refractivity contribution in [3.05, 3.63) is 29.8 Å². The van der Waals surface area contributed by atoms with Crippen LogP contribution in [0.5, 0.6) is 5.75 Å². The lowest BCUT2D eigenvalue weighted by molar-refractivity contribution is -0.164. The highest BCUT2D eigenvalue weighted by Crippen LogP contribution is 2.42. The Morgan fingerprint density at radius 2 is 1.84 bits per heavy atom. The summed E-state index contributed by atoms with van der Waals surface area (Å²) in [7, 11) is 3.40. The normalized spacial score (nSPS) is 24.3. The third-order valence-electron chi connectivity index (χ3n) is 3.90. The average Bonchev–Trinajstić information content (AvgIpc) is 2.43. The molecule has 1 unspecified atom stereocenters. The minimum atomic E-state index is -0.601. The predicted molar refractivity (Wildman–Crippen MR) is 72.8 cm³/mol. The van der Waals surface area contributed by atoms with Gasteiger partial charge in [-0.1, -0.05) is 26.0 Å². The van der Waals surface area contributed by atoms with E-state index < -0.39 is 6.10 Å². The Morgan fingerprint density at radius 3 is 2.32 bits per heavy atom. The molecular formula is C15H21NO3. The quantitative estimate of drug-likeness (QED) is 0.843. The van der Waals surface area contributed by atoms with Gasteiger partial charge in [0.1, 0.15) is 5.75 Å². The van der Waals surface area contributed by atoms with Crippen LogP contribution in [0.4, 0.5) is 0 Å². The molecule has 4 nitrogen and oxygen atoms in total. The number of hydrogen-bond acceptors (Lipinski definition) is 3. The van der Waals surface area contributed by atoms with Crippen molar-refractivity contribution in [2.24, 2.45) is 11.8 Å². The summed E-state index contributed by atoms with van der Waals surface area (Å²) in [6.45, 7) is 3.86. The Kier molecular flexibility index (Phi) is 3.80. The van der Waals surface area contributed by atoms with E-state index in [0.29, 0.717) is 0 Å². The maximum Gasteiger partial charge on any atom is 0.231 e. The van der Waals surface area contributed by atoms with Crippen LogP contribution < -0.4 is 4.74 Å². The highest BCUT2D eigenvalue weighted by Gasteiger charge is 2.50. The monoisotopic (exact) mass is 263 g/mol. The fourth-order valence-electron chi connectivity index (χ4n) is 2.65. The summed E-state index contributed by atoms with van der Waals surface area (Å²) >= 11 is 0. The molecule has 19 heavy (non-hydrogen) atoms. The van der Waals surface area contributed by atoms with E-state index in [2.05, 4.69) is 0 Å². The van der Waals surface area contributed by atoms with E-state index in [9.17, 15) is 9.90 Å². The minimum Gasteiger partial charge on any atom is -0.497 e. The molecule has 1 aliphatic heterocycles. The Bertz CT molecular complexity index is 455. The van der Waals surface area contributed by atoms with Crippen LogP contribution in [0.2, 0.25) is 0 Å². The van der Waals surface area contributed by atoms with Crippen LogP contribution >= 0.6 is 0 Å². The van der Waals surface area contributed by atoms with Gasteiger partial charge in [-0.25, -0.2) is 0 Å². The fourth-order valence-corrected chi connectivity index (χ4v) is 2.65. The highest BCUT2D eigenvalue weighted by molar-refractivity contribution is 5.87. The second-order valence-electron chi connectivity index (χ2n) is 5.43. The molecule has 0 spiro atoms. The van der Waals surface area contributed by atoms with E-state index in [1.807, 2.05) is 38.1 Å². The summed E-state index contributed by atoms with van der Waals surface area (Å²) in [6, 6.07) is 7.62. The molecule has 1 saturated heterocycles. The standard InChI is InChI=1S/C15H21NO3/c1-9(2)14(17)12-13(16(3)15(12)18)10-5-7-11(19-4)8-6-10/h5-9,12-14,17H,1-4H3/t12-,13+,14?/m1/s1. The Morgan fingerprint density at radius 1 is 1.26 bits per heavy atom. The number of likely N-dealkylation sites (tertiary alicyclic amines) is 1. The molecule has 0 aliphatic carbocycles. The van der Waals surface area contributed by atoms with Crippen molar-refractivity contribution in [3.8, 4) is 5.75 Å². The molecule has 1 aromatic carbocycles. The molecule has 104 valence electrons. The van der Waals surface area contributed by atoms with Crippen molar-refractivity contribution in [3.63, 3.8) is 0 Å². The summed E-state index contributed by atoms with van der Waals surface area (Å²) < 4.78 is 5.13. The third kappa shape index (κ3) is 2.32. The van der Waals surface area contributed by atoms with Crippen molar-refractivity contribution in [1.29, 1.82) is 0 Å². The Labute approximate surface area is 114 Å². The average molecular weight is 263 g/mol. The Hall–Kier alpha value is -1.55. The molecule has 1 aromatic rings. The van der Waals surface area contributed by atoms with Crippen LogP contribution in [0.3, 0.4) is 0 Å². The summed E-state index contributed by atoms with van der Waals surface area (Å²) in [5, 5.41) is 10.2. The SMILES string of the molecule is COc1ccc([C@H]2[C@H](C(O)C(C)C)C(=O)N2C)cc1. The number of rotatable bonds is 4. The van der Waals surface area contributed by atoms with Crippen LogP contribution in [0.25, 0.3) is 0 Å². The smallest absolute Gasteiger partial charge is 0.231 e. The first-order valence-electron chi connectivity index (χ1n) is 6.56. The topological polar surface area (TPSA) is 49.8 Å². The molecule has 0 aromatic heterocycles. The van der Waals surface area contributed by atoms with Gasteiger partial charge in [-0.05, 0) is 23.6 Å². The summed E-state index contributed by atoms with van der Waals surface area (Å²) in [5.41, 5.74) is 1.03. The number of ether oxygens (including phenoxy) is 1. The molecule has 1 heterocycles. The van der Waals surface area contributed by atoms with Crippen molar-refractivity contribution < 1.29 is 14.6 Å². The van der Waals surface area contributed by atoms with Crippen molar-refractivity contribution in [2.45, 2.75) is 26.0 Å². The van der Waals surface area contributed by atoms with E-state index >= 15 is 0 Å². The number of amides is 1. The van der Waals surface area contributed by atoms with Crippen LogP contribution in [-0.2, 0) is 4.79 Å². The van der Waals surface area contributed by atoms with Crippen LogP contribution in [0, 0.1) is 11.8 Å². The van der Waals surface area contributed by atoms with Crippen LogP contribution in [-0.4, -0.2) is 36.2 Å². The largest absolute Gasteiger partial charge is 0.497 e. The molecule has 0 bridgehead atoms. The summed E-state index contributed by atoms with van der Waals surface area (Å²) in [5.74, 6) is 0.543. The molecule has 0 radical (unpaired) electrons. The van der Waals surface area contributed by atoms with E-state index in [4.69, 9.17) is 4.74 Å². The number of nitrogens with zero attached hydrogens (tertiary/aromatic N) is 1. The molecule has 0 saturated carbocycles. The molecule has 4 heteroatoms. The Balaban J connectivity index is 2.23. The first-order chi connectivity index (χ1) is 8.97. The second kappa shape index (κ2) is 5.21. The summed E-state index contributed by atoms with van der Waals surface area (Å²) in [6.07, 6.45) is -0.601. The van der Waals surface area contributed by atoms with Gasteiger partial charge in [0.2, 0.25) is 5.91 Å². The lowest BCUT2D eigenvalue weighted by Crippen LogP contribution is -2.58. The van der Waals surface area contributed by atoms with Gasteiger partial charge in [0.25, 0.3) is 0 Å². The van der Waals surface area contributed by atoms with Gasteiger partial charge in [-0.15, -0.1) is 0 Å². The van der Waals surface area contributed by atoms with Crippen LogP contribution in [0.1, 0.15) is 25.5 Å². The van der Waals surface area contributed by atoms with Crippen LogP contribution in [0.15, 0.2) is 24.3 Å². The number of carbonyl (C=O) groups is 1. The summed E-state index contributed by atoms with van der Waals surface area (Å²) in [4.78, 5) is 13.6. The first-order valence-corrected chi connectivity index (χ1v) is 6.56. The van der Waals surface area contributed by atoms with E-state index in [-0.39, 0.29) is 23.8 Å². The number of aliphatic hydroxyl groups is 1. The number of methoxy groups -OCH3 is 1. The van der Waals surface area contributed by atoms with E-state index in [1.54, 1.807) is 19.1 Å². The number of aliphatic hydroxyl groups excluding tert-OH is 1. The predicted octanol–water partition coefficient (Wildman–Crippen LogP) is 1.84. The number of carbonyl (C=O) groups excluding carboxylic acids is 1. The van der Waals surface area contributed by atoms with Gasteiger partial charge < -0.3 is 14.7 Å². The van der Waals surface area contributed by atoms with Gasteiger partial charge in [0, 0.05) is 7.05 Å². The zero-order valence-electron chi connectivity index (χ0n) is 11.8. The number of β-lactam (4-membered cyclic amide) rings is 1. The third-order valence-corrected chi connectivity index (χ3v) is 3.90. The lowest BCUT2D eigenvalue weighted by atomic mass is 9.76. The van der Waals surface area contributed by atoms with E-state index in [1.165, 1.54) is 0 Å². The van der Waals surface area contributed by atoms with Crippen molar-refractivity contribution in [1.82, 2.24) is 4.90 Å². The minimum absolute atomic E-state index is 0.0158. The van der Waals surface area contributed by atoms with E-state index in [0.717, 1.165) is 11.3 Å². The zero-order valence-corrected chi connectivity index (χ0v) is 11.8. The zero-order chi connectivity index (χ0) is 14.2. The highest BCUT2D eigenvalue weighted by atomic mass is 16.5. The van der Waals surface area contributed by atoms with Crippen molar-refractivity contribution >= 4 is 5.91 Å². The molecule has 1 aliphatic rings. The first kappa shape index (κ1) is 13.9. The number of hydrogen-bond donors (Lipinski definition) is 1. The maximum absolute atomic E-state index is 12.0. The molecule has 1 fully saturated rings. The molecule has 1 amide bonds. The van der Waals surface area contributed by atoms with Crippen molar-refractivity contribution in [2.75, 3.05) is 14.2 Å². The molecule has 1 N–H and O–H groups in total. The lowest BCUT2D eigenvalue weighted by Gasteiger charge is -2.48.